The lowest BCUT2D eigenvalue weighted by molar-refractivity contribution is 0.913. The Morgan fingerprint density at radius 2 is 1.93 bits per heavy atom. The molecule has 0 spiro atoms. The summed E-state index contributed by atoms with van der Waals surface area (Å²) in [5.74, 6) is 0. The second-order valence-corrected chi connectivity index (χ2v) is 4.43. The van der Waals surface area contributed by atoms with Crippen molar-refractivity contribution in [3.05, 3.63) is 33.7 Å². The van der Waals surface area contributed by atoms with E-state index in [2.05, 4.69) is 16.0 Å². The van der Waals surface area contributed by atoms with Gasteiger partial charge in [0.2, 0.25) is 5.28 Å². The van der Waals surface area contributed by atoms with E-state index in [-0.39, 0.29) is 5.28 Å². The van der Waals surface area contributed by atoms with Crippen molar-refractivity contribution in [2.45, 2.75) is 19.3 Å². The lowest BCUT2D eigenvalue weighted by atomic mass is 10.1. The summed E-state index contributed by atoms with van der Waals surface area (Å²) in [5, 5.41) is 1.67. The first-order valence-electron chi connectivity index (χ1n) is 4.89. The average Bonchev–Trinajstić information content (AvgIpc) is 2.63. The Hall–Kier alpha value is -0.860. The number of benzene rings is 1. The van der Waals surface area contributed by atoms with Crippen molar-refractivity contribution < 1.29 is 0 Å². The summed E-state index contributed by atoms with van der Waals surface area (Å²) in [6.45, 7) is 0. The molecular weight excluding hydrogens is 231 g/mol. The molecular formula is C11H8Cl2N2. The lowest BCUT2D eigenvalue weighted by Gasteiger charge is -2.06. The van der Waals surface area contributed by atoms with Crippen LogP contribution >= 0.6 is 23.2 Å². The molecule has 1 aromatic carbocycles. The summed E-state index contributed by atoms with van der Waals surface area (Å²) in [6.07, 6.45) is 3.38. The number of halogens is 2. The predicted molar refractivity (Wildman–Crippen MR) is 61.6 cm³/mol. The fourth-order valence-corrected chi connectivity index (χ4v) is 2.75. The molecule has 1 aliphatic carbocycles. The van der Waals surface area contributed by atoms with Gasteiger partial charge in [-0.3, -0.25) is 0 Å². The molecule has 76 valence electrons. The van der Waals surface area contributed by atoms with Crippen molar-refractivity contribution in [2.75, 3.05) is 0 Å². The van der Waals surface area contributed by atoms with Crippen LogP contribution in [0.15, 0.2) is 12.1 Å². The number of hydrogen-bond acceptors (Lipinski definition) is 2. The van der Waals surface area contributed by atoms with Crippen molar-refractivity contribution in [3.63, 3.8) is 0 Å². The maximum Gasteiger partial charge on any atom is 0.224 e. The number of aromatic nitrogens is 2. The van der Waals surface area contributed by atoms with E-state index in [0.29, 0.717) is 5.15 Å². The summed E-state index contributed by atoms with van der Waals surface area (Å²) < 4.78 is 0. The molecule has 15 heavy (non-hydrogen) atoms. The fraction of sp³-hybridized carbons (Fsp3) is 0.273. The van der Waals surface area contributed by atoms with Gasteiger partial charge in [0.1, 0.15) is 5.15 Å². The van der Waals surface area contributed by atoms with E-state index in [9.17, 15) is 0 Å². The van der Waals surface area contributed by atoms with Crippen LogP contribution < -0.4 is 0 Å². The van der Waals surface area contributed by atoms with Gasteiger partial charge in [-0.15, -0.1) is 0 Å². The first-order valence-corrected chi connectivity index (χ1v) is 5.65. The predicted octanol–water partition coefficient (Wildman–Crippen LogP) is 3.43. The monoisotopic (exact) mass is 238 g/mol. The highest BCUT2D eigenvalue weighted by Gasteiger charge is 2.17. The van der Waals surface area contributed by atoms with Crippen molar-refractivity contribution in [1.82, 2.24) is 9.97 Å². The summed E-state index contributed by atoms with van der Waals surface area (Å²) in [7, 11) is 0. The van der Waals surface area contributed by atoms with E-state index in [0.717, 1.165) is 23.7 Å². The Labute approximate surface area is 97.2 Å². The summed E-state index contributed by atoms with van der Waals surface area (Å²) >= 11 is 11.9. The molecule has 0 saturated heterocycles. The zero-order chi connectivity index (χ0) is 10.4. The van der Waals surface area contributed by atoms with Gasteiger partial charge in [0.15, 0.2) is 0 Å². The largest absolute Gasteiger partial charge is 0.224 e. The SMILES string of the molecule is Clc1nc(Cl)c2c3c(ccc2n1)CCC3. The third kappa shape index (κ3) is 1.40. The molecule has 1 aromatic heterocycles. The van der Waals surface area contributed by atoms with Gasteiger partial charge < -0.3 is 0 Å². The quantitative estimate of drug-likeness (QED) is 0.520. The van der Waals surface area contributed by atoms with Crippen molar-refractivity contribution in [1.29, 1.82) is 0 Å². The van der Waals surface area contributed by atoms with E-state index >= 15 is 0 Å². The number of aryl methyl sites for hydroxylation is 2. The number of rotatable bonds is 0. The lowest BCUT2D eigenvalue weighted by Crippen LogP contribution is -1.92. The molecule has 4 heteroatoms. The molecule has 0 bridgehead atoms. The zero-order valence-electron chi connectivity index (χ0n) is 7.93. The van der Waals surface area contributed by atoms with E-state index in [1.165, 1.54) is 17.5 Å². The fourth-order valence-electron chi connectivity index (χ4n) is 2.24. The van der Waals surface area contributed by atoms with Crippen molar-refractivity contribution >= 4 is 34.1 Å². The van der Waals surface area contributed by atoms with Gasteiger partial charge in [0.05, 0.1) is 5.52 Å². The Morgan fingerprint density at radius 3 is 2.80 bits per heavy atom. The van der Waals surface area contributed by atoms with Gasteiger partial charge >= 0.3 is 0 Å². The van der Waals surface area contributed by atoms with Crippen molar-refractivity contribution in [3.8, 4) is 0 Å². The van der Waals surface area contributed by atoms with Crippen LogP contribution in [0.25, 0.3) is 10.9 Å². The van der Waals surface area contributed by atoms with Crippen LogP contribution in [0.3, 0.4) is 0 Å². The second-order valence-electron chi connectivity index (χ2n) is 3.73. The van der Waals surface area contributed by atoms with Crippen LogP contribution in [-0.4, -0.2) is 9.97 Å². The molecule has 0 fully saturated rings. The Kier molecular flexibility index (Phi) is 2.08. The van der Waals surface area contributed by atoms with Crippen LogP contribution in [0.2, 0.25) is 10.4 Å². The number of fused-ring (bicyclic) bond motifs is 3. The Balaban J connectivity index is 2.45. The number of nitrogens with zero attached hydrogens (tertiary/aromatic N) is 2. The average molecular weight is 239 g/mol. The molecule has 0 aliphatic heterocycles. The van der Waals surface area contributed by atoms with Gasteiger partial charge in [-0.25, -0.2) is 9.97 Å². The van der Waals surface area contributed by atoms with Crippen LogP contribution in [0, 0.1) is 0 Å². The van der Waals surface area contributed by atoms with E-state index < -0.39 is 0 Å². The minimum absolute atomic E-state index is 0.213. The molecule has 0 unspecified atom stereocenters. The van der Waals surface area contributed by atoms with Crippen molar-refractivity contribution in [2.24, 2.45) is 0 Å². The summed E-state index contributed by atoms with van der Waals surface area (Å²) in [4.78, 5) is 8.18. The third-order valence-electron chi connectivity index (χ3n) is 2.87. The normalized spacial score (nSPS) is 14.5. The Bertz CT molecular complexity index is 552. The molecule has 0 N–H and O–H groups in total. The highest BCUT2D eigenvalue weighted by Crippen LogP contribution is 2.33. The van der Waals surface area contributed by atoms with E-state index in [1.807, 2.05) is 6.07 Å². The first kappa shape index (κ1) is 9.37. The van der Waals surface area contributed by atoms with E-state index in [1.54, 1.807) is 0 Å². The van der Waals surface area contributed by atoms with Crippen LogP contribution in [0.5, 0.6) is 0 Å². The standard InChI is InChI=1S/C11H8Cl2N2/c12-10-9-7-3-1-2-6(7)4-5-8(9)14-11(13)15-10/h4-5H,1-3H2. The topological polar surface area (TPSA) is 25.8 Å². The van der Waals surface area contributed by atoms with Gasteiger partial charge in [-0.1, -0.05) is 17.7 Å². The van der Waals surface area contributed by atoms with E-state index in [4.69, 9.17) is 23.2 Å². The second kappa shape index (κ2) is 3.32. The van der Waals surface area contributed by atoms with Crippen LogP contribution in [-0.2, 0) is 12.8 Å². The summed E-state index contributed by atoms with van der Waals surface area (Å²) in [5.41, 5.74) is 3.52. The maximum atomic E-state index is 6.11. The minimum atomic E-state index is 0.213. The molecule has 2 aromatic rings. The zero-order valence-corrected chi connectivity index (χ0v) is 9.44. The smallest absolute Gasteiger partial charge is 0.218 e. The molecule has 3 rings (SSSR count). The van der Waals surface area contributed by atoms with Crippen LogP contribution in [0.4, 0.5) is 0 Å². The molecule has 0 atom stereocenters. The molecule has 2 nitrogen and oxygen atoms in total. The molecule has 1 aliphatic rings. The van der Waals surface area contributed by atoms with Crippen LogP contribution in [0.1, 0.15) is 17.5 Å². The molecule has 0 amide bonds. The molecule has 0 radical (unpaired) electrons. The molecule has 0 saturated carbocycles. The van der Waals surface area contributed by atoms with Gasteiger partial charge in [0, 0.05) is 5.39 Å². The Morgan fingerprint density at radius 1 is 1.07 bits per heavy atom. The first-order chi connectivity index (χ1) is 7.25. The summed E-state index contributed by atoms with van der Waals surface area (Å²) in [6, 6.07) is 4.09. The third-order valence-corrected chi connectivity index (χ3v) is 3.31. The minimum Gasteiger partial charge on any atom is -0.218 e. The highest BCUT2D eigenvalue weighted by atomic mass is 35.5. The molecule has 1 heterocycles. The number of hydrogen-bond donors (Lipinski definition) is 0. The highest BCUT2D eigenvalue weighted by molar-refractivity contribution is 6.36. The van der Waals surface area contributed by atoms with Gasteiger partial charge in [-0.05, 0) is 48.1 Å². The maximum absolute atomic E-state index is 6.11. The van der Waals surface area contributed by atoms with Gasteiger partial charge in [-0.2, -0.15) is 0 Å². The van der Waals surface area contributed by atoms with Gasteiger partial charge in [0.25, 0.3) is 0 Å².